The Morgan fingerprint density at radius 1 is 1.18 bits per heavy atom. The Kier molecular flexibility index (Phi) is 4.08. The fourth-order valence-electron chi connectivity index (χ4n) is 3.35. The van der Waals surface area contributed by atoms with E-state index in [0.29, 0.717) is 18.5 Å². The zero-order chi connectivity index (χ0) is 12.3. The van der Waals surface area contributed by atoms with Crippen molar-refractivity contribution in [2.24, 2.45) is 0 Å². The molecule has 98 valence electrons. The number of amides is 1. The summed E-state index contributed by atoms with van der Waals surface area (Å²) >= 11 is 0. The van der Waals surface area contributed by atoms with Crippen molar-refractivity contribution in [3.8, 4) is 0 Å². The second kappa shape index (κ2) is 5.38. The van der Waals surface area contributed by atoms with E-state index in [-0.39, 0.29) is 5.54 Å². The average Bonchev–Trinajstić information content (AvgIpc) is 2.58. The summed E-state index contributed by atoms with van der Waals surface area (Å²) in [5, 5.41) is 3.25. The van der Waals surface area contributed by atoms with E-state index in [0.717, 1.165) is 13.0 Å². The highest BCUT2D eigenvalue weighted by molar-refractivity contribution is 5.79. The SMILES string of the molecule is CC1(C)CCNCC(=O)N1C1CCCCCC1. The van der Waals surface area contributed by atoms with Gasteiger partial charge in [-0.15, -0.1) is 0 Å². The van der Waals surface area contributed by atoms with Crippen molar-refractivity contribution in [3.63, 3.8) is 0 Å². The van der Waals surface area contributed by atoms with Gasteiger partial charge in [0.25, 0.3) is 0 Å². The molecule has 3 heteroatoms. The van der Waals surface area contributed by atoms with Gasteiger partial charge in [-0.05, 0) is 39.7 Å². The zero-order valence-electron chi connectivity index (χ0n) is 11.3. The molecule has 2 aliphatic rings. The molecule has 1 heterocycles. The molecule has 1 N–H and O–H groups in total. The summed E-state index contributed by atoms with van der Waals surface area (Å²) in [5.41, 5.74) is 0.0234. The maximum absolute atomic E-state index is 12.3. The third kappa shape index (κ3) is 3.01. The summed E-state index contributed by atoms with van der Waals surface area (Å²) in [6.07, 6.45) is 8.74. The summed E-state index contributed by atoms with van der Waals surface area (Å²) < 4.78 is 0. The lowest BCUT2D eigenvalue weighted by Gasteiger charge is -2.42. The lowest BCUT2D eigenvalue weighted by Crippen LogP contribution is -2.53. The molecule has 1 saturated carbocycles. The Hall–Kier alpha value is -0.570. The Labute approximate surface area is 105 Å². The molecular formula is C14H26N2O. The molecular weight excluding hydrogens is 212 g/mol. The summed E-state index contributed by atoms with van der Waals surface area (Å²) in [5.74, 6) is 0.305. The number of rotatable bonds is 1. The van der Waals surface area contributed by atoms with Crippen LogP contribution in [0.1, 0.15) is 58.8 Å². The highest BCUT2D eigenvalue weighted by atomic mass is 16.2. The van der Waals surface area contributed by atoms with E-state index in [1.54, 1.807) is 0 Å². The molecule has 3 nitrogen and oxygen atoms in total. The van der Waals surface area contributed by atoms with Crippen molar-refractivity contribution in [2.45, 2.75) is 70.4 Å². The second-order valence-electron chi connectivity index (χ2n) is 6.15. The van der Waals surface area contributed by atoms with E-state index in [2.05, 4.69) is 24.1 Å². The third-order valence-corrected chi connectivity index (χ3v) is 4.30. The molecule has 1 saturated heterocycles. The minimum absolute atomic E-state index is 0.0234. The van der Waals surface area contributed by atoms with E-state index < -0.39 is 0 Å². The first-order chi connectivity index (χ1) is 8.11. The van der Waals surface area contributed by atoms with Gasteiger partial charge in [-0.3, -0.25) is 4.79 Å². The lowest BCUT2D eigenvalue weighted by atomic mass is 9.93. The van der Waals surface area contributed by atoms with Crippen molar-refractivity contribution in [2.75, 3.05) is 13.1 Å². The van der Waals surface area contributed by atoms with Gasteiger partial charge in [0.15, 0.2) is 0 Å². The molecule has 0 spiro atoms. The van der Waals surface area contributed by atoms with Gasteiger partial charge in [-0.2, -0.15) is 0 Å². The minimum atomic E-state index is 0.0234. The van der Waals surface area contributed by atoms with Gasteiger partial charge in [-0.25, -0.2) is 0 Å². The van der Waals surface area contributed by atoms with Crippen LogP contribution >= 0.6 is 0 Å². The Morgan fingerprint density at radius 3 is 2.47 bits per heavy atom. The van der Waals surface area contributed by atoms with Gasteiger partial charge < -0.3 is 10.2 Å². The van der Waals surface area contributed by atoms with E-state index in [9.17, 15) is 4.79 Å². The van der Waals surface area contributed by atoms with E-state index in [4.69, 9.17) is 0 Å². The van der Waals surface area contributed by atoms with Gasteiger partial charge in [0, 0.05) is 11.6 Å². The van der Waals surface area contributed by atoms with Crippen LogP contribution in [0, 0.1) is 0 Å². The molecule has 1 aliphatic heterocycles. The fourth-order valence-corrected chi connectivity index (χ4v) is 3.35. The zero-order valence-corrected chi connectivity index (χ0v) is 11.3. The first kappa shape index (κ1) is 12.9. The lowest BCUT2D eigenvalue weighted by molar-refractivity contribution is -0.138. The molecule has 1 aliphatic carbocycles. The predicted molar refractivity (Wildman–Crippen MR) is 69.9 cm³/mol. The van der Waals surface area contributed by atoms with Crippen LogP contribution in [0.25, 0.3) is 0 Å². The molecule has 0 atom stereocenters. The van der Waals surface area contributed by atoms with Crippen LogP contribution in [0.5, 0.6) is 0 Å². The molecule has 2 rings (SSSR count). The average molecular weight is 238 g/mol. The molecule has 0 aromatic heterocycles. The standard InChI is InChI=1S/C14H26N2O/c1-14(2)9-10-15-11-13(17)16(14)12-7-5-3-4-6-8-12/h12,15H,3-11H2,1-2H3. The summed E-state index contributed by atoms with van der Waals surface area (Å²) in [4.78, 5) is 14.5. The van der Waals surface area contributed by atoms with Crippen LogP contribution in [-0.4, -0.2) is 35.5 Å². The predicted octanol–water partition coefficient (Wildman–Crippen LogP) is 2.31. The van der Waals surface area contributed by atoms with Gasteiger partial charge >= 0.3 is 0 Å². The van der Waals surface area contributed by atoms with Crippen LogP contribution in [0.15, 0.2) is 0 Å². The number of carbonyl (C=O) groups is 1. The summed E-state index contributed by atoms with van der Waals surface area (Å²) in [6, 6.07) is 0.486. The molecule has 1 amide bonds. The van der Waals surface area contributed by atoms with E-state index in [1.807, 2.05) is 0 Å². The molecule has 2 fully saturated rings. The van der Waals surface area contributed by atoms with Crippen molar-refractivity contribution in [1.82, 2.24) is 10.2 Å². The van der Waals surface area contributed by atoms with Crippen molar-refractivity contribution in [1.29, 1.82) is 0 Å². The molecule has 0 radical (unpaired) electrons. The van der Waals surface area contributed by atoms with Crippen LogP contribution < -0.4 is 5.32 Å². The van der Waals surface area contributed by atoms with Gasteiger partial charge in [-0.1, -0.05) is 25.7 Å². The summed E-state index contributed by atoms with van der Waals surface area (Å²) in [7, 11) is 0. The minimum Gasteiger partial charge on any atom is -0.333 e. The molecule has 0 aromatic carbocycles. The van der Waals surface area contributed by atoms with Crippen molar-refractivity contribution < 1.29 is 4.79 Å². The van der Waals surface area contributed by atoms with Gasteiger partial charge in [0.2, 0.25) is 5.91 Å². The topological polar surface area (TPSA) is 32.3 Å². The molecule has 17 heavy (non-hydrogen) atoms. The van der Waals surface area contributed by atoms with Crippen LogP contribution in [0.2, 0.25) is 0 Å². The van der Waals surface area contributed by atoms with Gasteiger partial charge in [0.1, 0.15) is 0 Å². The Balaban J connectivity index is 2.15. The van der Waals surface area contributed by atoms with Crippen molar-refractivity contribution in [3.05, 3.63) is 0 Å². The quantitative estimate of drug-likeness (QED) is 0.711. The summed E-state index contributed by atoms with van der Waals surface area (Å²) in [6.45, 7) is 5.94. The number of nitrogens with zero attached hydrogens (tertiary/aromatic N) is 1. The number of carbonyl (C=O) groups excluding carboxylic acids is 1. The molecule has 0 unspecified atom stereocenters. The Morgan fingerprint density at radius 2 is 1.82 bits per heavy atom. The van der Waals surface area contributed by atoms with E-state index in [1.165, 1.54) is 38.5 Å². The maximum atomic E-state index is 12.3. The van der Waals surface area contributed by atoms with E-state index >= 15 is 0 Å². The second-order valence-corrected chi connectivity index (χ2v) is 6.15. The van der Waals surface area contributed by atoms with Crippen LogP contribution in [0.4, 0.5) is 0 Å². The Bertz CT molecular complexity index is 267. The van der Waals surface area contributed by atoms with Gasteiger partial charge in [0.05, 0.1) is 6.54 Å². The third-order valence-electron chi connectivity index (χ3n) is 4.30. The first-order valence-corrected chi connectivity index (χ1v) is 7.14. The fraction of sp³-hybridized carbons (Fsp3) is 0.929. The number of hydrogen-bond acceptors (Lipinski definition) is 2. The first-order valence-electron chi connectivity index (χ1n) is 7.14. The number of hydrogen-bond donors (Lipinski definition) is 1. The van der Waals surface area contributed by atoms with Crippen LogP contribution in [-0.2, 0) is 4.79 Å². The van der Waals surface area contributed by atoms with Crippen molar-refractivity contribution >= 4 is 5.91 Å². The highest BCUT2D eigenvalue weighted by Crippen LogP contribution is 2.30. The highest BCUT2D eigenvalue weighted by Gasteiger charge is 2.37. The monoisotopic (exact) mass is 238 g/mol. The van der Waals surface area contributed by atoms with Crippen LogP contribution in [0.3, 0.4) is 0 Å². The largest absolute Gasteiger partial charge is 0.333 e. The normalized spacial score (nSPS) is 27.6. The molecule has 0 bridgehead atoms. The number of nitrogens with one attached hydrogen (secondary N) is 1. The molecule has 0 aromatic rings. The maximum Gasteiger partial charge on any atom is 0.237 e. The smallest absolute Gasteiger partial charge is 0.237 e.